The molecule has 138 valence electrons. The summed E-state index contributed by atoms with van der Waals surface area (Å²) in [7, 11) is 0. The van der Waals surface area contributed by atoms with Crippen molar-refractivity contribution in [2.24, 2.45) is 0 Å². The van der Waals surface area contributed by atoms with Gasteiger partial charge in [0.05, 0.1) is 21.5 Å². The second-order valence-electron chi connectivity index (χ2n) is 6.46. The Morgan fingerprint density at radius 3 is 2.89 bits per heavy atom. The van der Waals surface area contributed by atoms with Gasteiger partial charge in [-0.15, -0.1) is 16.4 Å². The van der Waals surface area contributed by atoms with Crippen molar-refractivity contribution >= 4 is 38.9 Å². The van der Waals surface area contributed by atoms with E-state index in [1.54, 1.807) is 0 Å². The minimum Gasteiger partial charge on any atom is -0.510 e. The molecule has 7 nitrogen and oxygen atoms in total. The molecule has 1 aliphatic carbocycles. The van der Waals surface area contributed by atoms with Gasteiger partial charge in [0.1, 0.15) is 22.4 Å². The number of nitriles is 1. The van der Waals surface area contributed by atoms with Crippen LogP contribution in [0.4, 0.5) is 0 Å². The van der Waals surface area contributed by atoms with Gasteiger partial charge in [0.15, 0.2) is 0 Å². The molecule has 1 saturated carbocycles. The zero-order valence-corrected chi connectivity index (χ0v) is 16.4. The topological polar surface area (TPSA) is 101 Å². The van der Waals surface area contributed by atoms with Crippen LogP contribution in [0.3, 0.4) is 0 Å². The van der Waals surface area contributed by atoms with Crippen LogP contribution in [0.5, 0.6) is 0 Å². The number of fused-ring (bicyclic) bond motifs is 1. The molecule has 1 aliphatic rings. The summed E-state index contributed by atoms with van der Waals surface area (Å²) < 4.78 is 2.84. The third-order valence-corrected chi connectivity index (χ3v) is 6.79. The van der Waals surface area contributed by atoms with E-state index in [-0.39, 0.29) is 16.6 Å². The molecule has 0 amide bonds. The Morgan fingerprint density at radius 1 is 1.37 bits per heavy atom. The quantitative estimate of drug-likeness (QED) is 0.387. The maximum absolute atomic E-state index is 10.7. The normalized spacial score (nSPS) is 17.0. The van der Waals surface area contributed by atoms with Crippen molar-refractivity contribution in [3.63, 3.8) is 0 Å². The minimum absolute atomic E-state index is 0.00234. The molecule has 2 heterocycles. The highest BCUT2D eigenvalue weighted by Gasteiger charge is 2.25. The highest BCUT2D eigenvalue weighted by atomic mass is 32.2. The van der Waals surface area contributed by atoms with Crippen LogP contribution in [0.2, 0.25) is 0 Å². The fraction of sp³-hybridized carbons (Fsp3) is 0.389. The summed E-state index contributed by atoms with van der Waals surface area (Å²) in [6.07, 6.45) is 4.52. The summed E-state index contributed by atoms with van der Waals surface area (Å²) in [6.45, 7) is 1.85. The number of hydrogen-bond donors (Lipinski definition) is 1. The largest absolute Gasteiger partial charge is 0.510 e. The molecule has 1 N–H and O–H groups in total. The monoisotopic (exact) mass is 398 g/mol. The van der Waals surface area contributed by atoms with Gasteiger partial charge in [0.2, 0.25) is 5.16 Å². The maximum atomic E-state index is 10.7. The molecular formula is C18H18N6OS2. The number of aromatic nitrogens is 5. The van der Waals surface area contributed by atoms with Crippen LogP contribution in [0, 0.1) is 11.3 Å². The smallest absolute Gasteiger partial charge is 0.210 e. The first-order valence-electron chi connectivity index (χ1n) is 8.81. The number of nitrogens with zero attached hydrogens (tertiary/aromatic N) is 6. The summed E-state index contributed by atoms with van der Waals surface area (Å²) in [5.41, 5.74) is 1.03. The summed E-state index contributed by atoms with van der Waals surface area (Å²) in [4.78, 5) is 4.49. The highest BCUT2D eigenvalue weighted by Crippen LogP contribution is 2.35. The Labute approximate surface area is 164 Å². The Morgan fingerprint density at radius 2 is 2.15 bits per heavy atom. The molecule has 9 heteroatoms. The number of allylic oxidation sites excluding steroid dienone is 1. The number of thioether (sulfide) groups is 1. The van der Waals surface area contributed by atoms with Crippen LogP contribution in [0.15, 0.2) is 35.2 Å². The van der Waals surface area contributed by atoms with Crippen molar-refractivity contribution in [1.82, 2.24) is 25.2 Å². The molecular weight excluding hydrogens is 380 g/mol. The summed E-state index contributed by atoms with van der Waals surface area (Å²) in [5.74, 6) is 0.00234. The molecule has 27 heavy (non-hydrogen) atoms. The van der Waals surface area contributed by atoms with Crippen LogP contribution in [0.1, 0.15) is 43.7 Å². The van der Waals surface area contributed by atoms with Crippen LogP contribution in [0.25, 0.3) is 15.8 Å². The van der Waals surface area contributed by atoms with E-state index < -0.39 is 0 Å². The average Bonchev–Trinajstić information content (AvgIpc) is 3.42. The number of hydrogen-bond acceptors (Lipinski definition) is 8. The lowest BCUT2D eigenvalue weighted by Crippen LogP contribution is -2.11. The fourth-order valence-corrected chi connectivity index (χ4v) is 5.14. The van der Waals surface area contributed by atoms with Gasteiger partial charge < -0.3 is 5.11 Å². The summed E-state index contributed by atoms with van der Waals surface area (Å²) in [5, 5.41) is 33.2. The lowest BCUT2D eigenvalue weighted by atomic mass is 10.2. The van der Waals surface area contributed by atoms with Crippen LogP contribution < -0.4 is 0 Å². The van der Waals surface area contributed by atoms with Crippen molar-refractivity contribution in [2.45, 2.75) is 49.1 Å². The first-order chi connectivity index (χ1) is 13.2. The second kappa shape index (κ2) is 7.66. The number of rotatable bonds is 5. The van der Waals surface area contributed by atoms with Gasteiger partial charge in [-0.25, -0.2) is 9.67 Å². The number of benzene rings is 1. The zero-order valence-electron chi connectivity index (χ0n) is 14.7. The van der Waals surface area contributed by atoms with E-state index >= 15 is 0 Å². The van der Waals surface area contributed by atoms with Gasteiger partial charge in [0.25, 0.3) is 0 Å². The van der Waals surface area contributed by atoms with Crippen LogP contribution in [-0.2, 0) is 0 Å². The van der Waals surface area contributed by atoms with Gasteiger partial charge >= 0.3 is 0 Å². The van der Waals surface area contributed by atoms with Crippen molar-refractivity contribution in [3.8, 4) is 6.07 Å². The van der Waals surface area contributed by atoms with Gasteiger partial charge in [-0.05, 0) is 42.3 Å². The number of aliphatic hydroxyl groups is 1. The molecule has 0 saturated heterocycles. The Bertz CT molecular complexity index is 995. The van der Waals surface area contributed by atoms with Crippen LogP contribution >= 0.6 is 23.1 Å². The van der Waals surface area contributed by atoms with Gasteiger partial charge in [0, 0.05) is 0 Å². The van der Waals surface area contributed by atoms with Crippen molar-refractivity contribution < 1.29 is 5.11 Å². The first-order valence-corrected chi connectivity index (χ1v) is 10.5. The number of para-hydroxylation sites is 1. The van der Waals surface area contributed by atoms with E-state index in [1.165, 1.54) is 35.9 Å². The number of aliphatic hydroxyl groups excluding tert-OH is 1. The standard InChI is InChI=1S/C18H18N6OS2/c1-11(26-18-21-22-23-24(18)12-6-2-3-7-12)16(25)13(10-19)17-20-14-8-4-5-9-15(14)27-17/h4-5,8-9,11-12,25H,2-3,6-7H2,1H3/b16-13-. The molecule has 3 aromatic rings. The minimum atomic E-state index is -0.363. The molecule has 1 atom stereocenters. The van der Waals surface area contributed by atoms with E-state index in [0.29, 0.717) is 16.2 Å². The van der Waals surface area contributed by atoms with Gasteiger partial charge in [-0.2, -0.15) is 5.26 Å². The number of thiazole rings is 1. The average molecular weight is 399 g/mol. The molecule has 1 unspecified atom stereocenters. The Balaban J connectivity index is 1.61. The lowest BCUT2D eigenvalue weighted by molar-refractivity contribution is 0.400. The first kappa shape index (κ1) is 17.9. The van der Waals surface area contributed by atoms with Crippen LogP contribution in [-0.4, -0.2) is 35.5 Å². The fourth-order valence-electron chi connectivity index (χ4n) is 3.25. The van der Waals surface area contributed by atoms with E-state index in [9.17, 15) is 10.4 Å². The van der Waals surface area contributed by atoms with E-state index in [1.807, 2.05) is 35.9 Å². The molecule has 0 aliphatic heterocycles. The molecule has 1 aromatic carbocycles. The van der Waals surface area contributed by atoms with E-state index in [2.05, 4.69) is 26.6 Å². The predicted molar refractivity (Wildman–Crippen MR) is 105 cm³/mol. The number of tetrazole rings is 1. The summed E-state index contributed by atoms with van der Waals surface area (Å²) >= 11 is 2.76. The van der Waals surface area contributed by atoms with E-state index in [0.717, 1.165) is 23.1 Å². The zero-order chi connectivity index (χ0) is 18.8. The molecule has 2 aromatic heterocycles. The molecule has 0 bridgehead atoms. The Kier molecular flexibility index (Phi) is 5.09. The molecule has 4 rings (SSSR count). The Hall–Kier alpha value is -2.44. The lowest BCUT2D eigenvalue weighted by Gasteiger charge is -2.14. The van der Waals surface area contributed by atoms with E-state index in [4.69, 9.17) is 0 Å². The predicted octanol–water partition coefficient (Wildman–Crippen LogP) is 4.37. The van der Waals surface area contributed by atoms with Crippen molar-refractivity contribution in [1.29, 1.82) is 5.26 Å². The second-order valence-corrected chi connectivity index (χ2v) is 8.80. The third kappa shape index (κ3) is 3.55. The molecule has 1 fully saturated rings. The van der Waals surface area contributed by atoms with Gasteiger partial charge in [-0.3, -0.25) is 0 Å². The maximum Gasteiger partial charge on any atom is 0.210 e. The molecule has 0 radical (unpaired) electrons. The summed E-state index contributed by atoms with van der Waals surface area (Å²) in [6, 6.07) is 10.1. The molecule has 0 spiro atoms. The van der Waals surface area contributed by atoms with Crippen molar-refractivity contribution in [2.75, 3.05) is 0 Å². The van der Waals surface area contributed by atoms with Gasteiger partial charge in [-0.1, -0.05) is 36.7 Å². The third-order valence-electron chi connectivity index (χ3n) is 4.68. The SMILES string of the molecule is CC(Sc1nnnn1C1CCCC1)/C(O)=C(\C#N)c1nc2ccccc2s1. The highest BCUT2D eigenvalue weighted by molar-refractivity contribution is 7.99. The van der Waals surface area contributed by atoms with Crippen molar-refractivity contribution in [3.05, 3.63) is 35.0 Å².